The standard InChI is InChI=1S/C9H11N3O2/c1-7(13)12(11-9(10)14)8-5-3-2-4-6-8/h2-6H,1H3,(H3,10,11,14). The number of nitrogens with zero attached hydrogens (tertiary/aromatic N) is 1. The van der Waals surface area contributed by atoms with E-state index in [0.29, 0.717) is 5.69 Å². The number of rotatable bonds is 1. The van der Waals surface area contributed by atoms with Crippen LogP contribution >= 0.6 is 0 Å². The Hall–Kier alpha value is -2.04. The quantitative estimate of drug-likeness (QED) is 0.641. The maximum absolute atomic E-state index is 11.1. The summed E-state index contributed by atoms with van der Waals surface area (Å²) in [7, 11) is 0. The Kier molecular flexibility index (Phi) is 3.06. The molecule has 5 heteroatoms. The van der Waals surface area contributed by atoms with E-state index in [4.69, 9.17) is 5.73 Å². The minimum Gasteiger partial charge on any atom is -0.350 e. The molecule has 14 heavy (non-hydrogen) atoms. The Morgan fingerprint density at radius 2 is 1.86 bits per heavy atom. The molecule has 3 N–H and O–H groups in total. The van der Waals surface area contributed by atoms with E-state index in [0.717, 1.165) is 5.01 Å². The van der Waals surface area contributed by atoms with Crippen molar-refractivity contribution in [3.63, 3.8) is 0 Å². The van der Waals surface area contributed by atoms with Crippen LogP contribution < -0.4 is 16.2 Å². The first-order valence-corrected chi connectivity index (χ1v) is 4.03. The van der Waals surface area contributed by atoms with Crippen LogP contribution in [-0.2, 0) is 4.79 Å². The first kappa shape index (κ1) is 10.0. The minimum atomic E-state index is -0.774. The van der Waals surface area contributed by atoms with E-state index < -0.39 is 6.03 Å². The molecule has 0 saturated carbocycles. The smallest absolute Gasteiger partial charge is 0.331 e. The number of urea groups is 1. The highest BCUT2D eigenvalue weighted by molar-refractivity contribution is 5.94. The average molecular weight is 193 g/mol. The van der Waals surface area contributed by atoms with Gasteiger partial charge in [0, 0.05) is 6.92 Å². The second kappa shape index (κ2) is 4.27. The summed E-state index contributed by atoms with van der Waals surface area (Å²) < 4.78 is 0. The van der Waals surface area contributed by atoms with Gasteiger partial charge in [-0.15, -0.1) is 0 Å². The third-order valence-corrected chi connectivity index (χ3v) is 1.55. The fourth-order valence-corrected chi connectivity index (χ4v) is 1.01. The molecule has 1 aromatic rings. The number of hydrazine groups is 1. The number of primary amides is 1. The van der Waals surface area contributed by atoms with E-state index in [1.807, 2.05) is 6.07 Å². The molecule has 0 bridgehead atoms. The molecule has 0 saturated heterocycles. The van der Waals surface area contributed by atoms with Gasteiger partial charge >= 0.3 is 6.03 Å². The van der Waals surface area contributed by atoms with Crippen LogP contribution in [0.3, 0.4) is 0 Å². The Morgan fingerprint density at radius 1 is 1.29 bits per heavy atom. The molecule has 0 fully saturated rings. The van der Waals surface area contributed by atoms with Gasteiger partial charge in [0.15, 0.2) is 0 Å². The van der Waals surface area contributed by atoms with Crippen molar-refractivity contribution in [2.24, 2.45) is 5.73 Å². The minimum absolute atomic E-state index is 0.310. The first-order valence-electron chi connectivity index (χ1n) is 4.03. The van der Waals surface area contributed by atoms with E-state index in [1.54, 1.807) is 24.3 Å². The highest BCUT2D eigenvalue weighted by Crippen LogP contribution is 2.10. The fourth-order valence-electron chi connectivity index (χ4n) is 1.01. The van der Waals surface area contributed by atoms with Crippen molar-refractivity contribution in [2.45, 2.75) is 6.92 Å². The average Bonchev–Trinajstić information content (AvgIpc) is 2.15. The molecular weight excluding hydrogens is 182 g/mol. The lowest BCUT2D eigenvalue weighted by Gasteiger charge is -2.20. The topological polar surface area (TPSA) is 75.4 Å². The van der Waals surface area contributed by atoms with Gasteiger partial charge in [-0.05, 0) is 12.1 Å². The van der Waals surface area contributed by atoms with Crippen LogP contribution in [0, 0.1) is 0 Å². The van der Waals surface area contributed by atoms with Gasteiger partial charge in [-0.25, -0.2) is 15.2 Å². The number of benzene rings is 1. The number of nitrogens with two attached hydrogens (primary N) is 1. The molecule has 3 amide bonds. The molecule has 0 radical (unpaired) electrons. The van der Waals surface area contributed by atoms with Gasteiger partial charge < -0.3 is 5.73 Å². The summed E-state index contributed by atoms with van der Waals surface area (Å²) in [6.07, 6.45) is 0. The van der Waals surface area contributed by atoms with Crippen LogP contribution in [0.2, 0.25) is 0 Å². The van der Waals surface area contributed by atoms with E-state index in [1.165, 1.54) is 6.92 Å². The third-order valence-electron chi connectivity index (χ3n) is 1.55. The van der Waals surface area contributed by atoms with Crippen molar-refractivity contribution in [2.75, 3.05) is 5.01 Å². The third kappa shape index (κ3) is 2.48. The van der Waals surface area contributed by atoms with Crippen LogP contribution in [0.15, 0.2) is 30.3 Å². The molecule has 5 nitrogen and oxygen atoms in total. The van der Waals surface area contributed by atoms with E-state index in [9.17, 15) is 9.59 Å². The first-order chi connectivity index (χ1) is 6.61. The molecule has 0 unspecified atom stereocenters. The van der Waals surface area contributed by atoms with Gasteiger partial charge in [-0.3, -0.25) is 4.79 Å². The molecule has 74 valence electrons. The number of carbonyl (C=O) groups excluding carboxylic acids is 2. The number of hydrogen-bond donors (Lipinski definition) is 2. The Labute approximate surface area is 81.5 Å². The van der Waals surface area contributed by atoms with E-state index in [-0.39, 0.29) is 5.91 Å². The van der Waals surface area contributed by atoms with Crippen molar-refractivity contribution in [3.8, 4) is 0 Å². The molecule has 0 atom stereocenters. The van der Waals surface area contributed by atoms with Crippen LogP contribution in [0.4, 0.5) is 10.5 Å². The summed E-state index contributed by atoms with van der Waals surface area (Å²) in [5.41, 5.74) is 7.71. The number of nitrogens with one attached hydrogen (secondary N) is 1. The van der Waals surface area contributed by atoms with Crippen LogP contribution in [0.25, 0.3) is 0 Å². The monoisotopic (exact) mass is 193 g/mol. The molecule has 1 aromatic carbocycles. The van der Waals surface area contributed by atoms with Gasteiger partial charge in [0.1, 0.15) is 0 Å². The summed E-state index contributed by atoms with van der Waals surface area (Å²) in [6.45, 7) is 1.34. The molecular formula is C9H11N3O2. The number of carbonyl (C=O) groups is 2. The van der Waals surface area contributed by atoms with Crippen LogP contribution in [-0.4, -0.2) is 11.9 Å². The second-order valence-electron chi connectivity index (χ2n) is 2.67. The van der Waals surface area contributed by atoms with Gasteiger partial charge in [0.25, 0.3) is 0 Å². The van der Waals surface area contributed by atoms with Crippen molar-refractivity contribution in [1.29, 1.82) is 0 Å². The van der Waals surface area contributed by atoms with Crippen LogP contribution in [0.1, 0.15) is 6.92 Å². The summed E-state index contributed by atoms with van der Waals surface area (Å²) in [6, 6.07) is 7.94. The van der Waals surface area contributed by atoms with Gasteiger partial charge in [0.05, 0.1) is 5.69 Å². The molecule has 0 heterocycles. The Morgan fingerprint density at radius 3 is 2.29 bits per heavy atom. The molecule has 0 aromatic heterocycles. The molecule has 0 aliphatic heterocycles. The van der Waals surface area contributed by atoms with Crippen LogP contribution in [0.5, 0.6) is 0 Å². The highest BCUT2D eigenvalue weighted by atomic mass is 16.2. The largest absolute Gasteiger partial charge is 0.350 e. The van der Waals surface area contributed by atoms with Crippen molar-refractivity contribution < 1.29 is 9.59 Å². The lowest BCUT2D eigenvalue weighted by atomic mass is 10.3. The maximum atomic E-state index is 11.1. The molecule has 0 aliphatic carbocycles. The Balaban J connectivity index is 2.89. The summed E-state index contributed by atoms with van der Waals surface area (Å²) in [4.78, 5) is 21.7. The van der Waals surface area contributed by atoms with Gasteiger partial charge in [-0.1, -0.05) is 18.2 Å². The zero-order valence-corrected chi connectivity index (χ0v) is 7.73. The zero-order chi connectivity index (χ0) is 10.6. The summed E-state index contributed by atoms with van der Waals surface area (Å²) in [5.74, 6) is -0.310. The molecule has 0 aliphatic rings. The number of anilines is 1. The highest BCUT2D eigenvalue weighted by Gasteiger charge is 2.11. The van der Waals surface area contributed by atoms with Gasteiger partial charge in [0.2, 0.25) is 5.91 Å². The number of amides is 3. The lowest BCUT2D eigenvalue weighted by molar-refractivity contribution is -0.117. The van der Waals surface area contributed by atoms with E-state index >= 15 is 0 Å². The summed E-state index contributed by atoms with van der Waals surface area (Å²) >= 11 is 0. The summed E-state index contributed by atoms with van der Waals surface area (Å²) in [5, 5.41) is 1.09. The van der Waals surface area contributed by atoms with Crippen molar-refractivity contribution in [3.05, 3.63) is 30.3 Å². The Bertz CT molecular complexity index is 337. The fraction of sp³-hybridized carbons (Fsp3) is 0.111. The van der Waals surface area contributed by atoms with Crippen molar-refractivity contribution >= 4 is 17.6 Å². The molecule has 1 rings (SSSR count). The lowest BCUT2D eigenvalue weighted by Crippen LogP contribution is -2.47. The SMILES string of the molecule is CC(=O)N(NC(N)=O)c1ccccc1. The second-order valence-corrected chi connectivity index (χ2v) is 2.67. The van der Waals surface area contributed by atoms with E-state index in [2.05, 4.69) is 5.43 Å². The number of para-hydroxylation sites is 1. The predicted octanol–water partition coefficient (Wildman–Crippen LogP) is 0.623. The van der Waals surface area contributed by atoms with Crippen molar-refractivity contribution in [1.82, 2.24) is 5.43 Å². The van der Waals surface area contributed by atoms with Gasteiger partial charge in [-0.2, -0.15) is 0 Å². The number of hydrogen-bond acceptors (Lipinski definition) is 2. The zero-order valence-electron chi connectivity index (χ0n) is 7.73. The normalized spacial score (nSPS) is 9.21. The molecule has 0 spiro atoms. The maximum Gasteiger partial charge on any atom is 0.331 e. The predicted molar refractivity (Wildman–Crippen MR) is 52.3 cm³/mol.